The molecule has 0 bridgehead atoms. The molecule has 0 saturated carbocycles. The van der Waals surface area contributed by atoms with Crippen molar-refractivity contribution in [3.8, 4) is 22.8 Å². The molecule has 0 radical (unpaired) electrons. The molecule has 0 N–H and O–H groups in total. The van der Waals surface area contributed by atoms with Crippen molar-refractivity contribution in [3.63, 3.8) is 0 Å². The molecule has 0 aliphatic carbocycles. The molecule has 0 spiro atoms. The number of hydrogen-bond acceptors (Lipinski definition) is 5. The van der Waals surface area contributed by atoms with E-state index in [9.17, 15) is 4.79 Å². The first-order chi connectivity index (χ1) is 14.7. The normalized spacial score (nSPS) is 11.4. The molecular formula is C24H27ClN2O4. The first kappa shape index (κ1) is 22.8. The Labute approximate surface area is 187 Å². The quantitative estimate of drug-likeness (QED) is 0.458. The summed E-state index contributed by atoms with van der Waals surface area (Å²) in [7, 11) is 3.23. The topological polar surface area (TPSA) is 62.6 Å². The van der Waals surface area contributed by atoms with Crippen molar-refractivity contribution >= 4 is 17.4 Å². The van der Waals surface area contributed by atoms with Crippen LogP contribution in [0.15, 0.2) is 48.5 Å². The third-order valence-corrected chi connectivity index (χ3v) is 5.55. The smallest absolute Gasteiger partial charge is 0.161 e. The van der Waals surface area contributed by atoms with Gasteiger partial charge in [-0.05, 0) is 50.6 Å². The summed E-state index contributed by atoms with van der Waals surface area (Å²) in [6.45, 7) is 5.71. The fourth-order valence-electron chi connectivity index (χ4n) is 2.99. The van der Waals surface area contributed by atoms with Crippen molar-refractivity contribution in [1.82, 2.24) is 9.78 Å². The fraction of sp³-hybridized carbons (Fsp3) is 0.333. The summed E-state index contributed by atoms with van der Waals surface area (Å²) < 4.78 is 18.6. The molecular weight excluding hydrogens is 416 g/mol. The predicted octanol–water partition coefficient (Wildman–Crippen LogP) is 5.15. The SMILES string of the molecule is COc1cc(OC)cc(-c2cc(COC(C)(C)C(C)=O)nn2Cc2ccccc2Cl)c1. The highest BCUT2D eigenvalue weighted by Gasteiger charge is 2.25. The molecule has 31 heavy (non-hydrogen) atoms. The van der Waals surface area contributed by atoms with Gasteiger partial charge in [-0.2, -0.15) is 5.10 Å². The molecule has 7 heteroatoms. The molecule has 0 amide bonds. The maximum absolute atomic E-state index is 11.8. The Kier molecular flexibility index (Phi) is 7.03. The van der Waals surface area contributed by atoms with Crippen molar-refractivity contribution in [2.75, 3.05) is 14.2 Å². The van der Waals surface area contributed by atoms with E-state index >= 15 is 0 Å². The van der Waals surface area contributed by atoms with Crippen LogP contribution in [0.25, 0.3) is 11.3 Å². The Balaban J connectivity index is 2.02. The Bertz CT molecular complexity index is 1050. The average Bonchev–Trinajstić information content (AvgIpc) is 3.16. The van der Waals surface area contributed by atoms with Gasteiger partial charge in [0.25, 0.3) is 0 Å². The number of nitrogens with zero attached hydrogens (tertiary/aromatic N) is 2. The second-order valence-electron chi connectivity index (χ2n) is 7.73. The Morgan fingerprint density at radius 1 is 1.06 bits per heavy atom. The number of rotatable bonds is 9. The minimum Gasteiger partial charge on any atom is -0.497 e. The molecule has 3 rings (SSSR count). The van der Waals surface area contributed by atoms with E-state index in [0.717, 1.165) is 16.8 Å². The Hall–Kier alpha value is -2.83. The van der Waals surface area contributed by atoms with Gasteiger partial charge >= 0.3 is 0 Å². The number of benzene rings is 2. The lowest BCUT2D eigenvalue weighted by Crippen LogP contribution is -2.32. The molecule has 0 aliphatic rings. The molecule has 6 nitrogen and oxygen atoms in total. The van der Waals surface area contributed by atoms with Crippen molar-refractivity contribution in [1.29, 1.82) is 0 Å². The van der Waals surface area contributed by atoms with E-state index in [0.29, 0.717) is 28.8 Å². The number of hydrogen-bond donors (Lipinski definition) is 0. The van der Waals surface area contributed by atoms with Crippen molar-refractivity contribution in [2.45, 2.75) is 39.5 Å². The van der Waals surface area contributed by atoms with Crippen LogP contribution >= 0.6 is 11.6 Å². The number of carbonyl (C=O) groups excluding carboxylic acids is 1. The fourth-order valence-corrected chi connectivity index (χ4v) is 3.19. The second kappa shape index (κ2) is 9.54. The largest absolute Gasteiger partial charge is 0.497 e. The second-order valence-corrected chi connectivity index (χ2v) is 8.13. The highest BCUT2D eigenvalue weighted by molar-refractivity contribution is 6.31. The van der Waals surface area contributed by atoms with E-state index in [4.69, 9.17) is 30.9 Å². The van der Waals surface area contributed by atoms with E-state index in [1.165, 1.54) is 6.92 Å². The number of aromatic nitrogens is 2. The van der Waals surface area contributed by atoms with Crippen LogP contribution in [-0.4, -0.2) is 35.4 Å². The van der Waals surface area contributed by atoms with Crippen molar-refractivity contribution in [2.24, 2.45) is 0 Å². The van der Waals surface area contributed by atoms with Crippen LogP contribution in [-0.2, 0) is 22.7 Å². The minimum atomic E-state index is -0.883. The van der Waals surface area contributed by atoms with Crippen molar-refractivity contribution < 1.29 is 19.0 Å². The molecule has 0 atom stereocenters. The summed E-state index contributed by atoms with van der Waals surface area (Å²) in [6.07, 6.45) is 0. The van der Waals surface area contributed by atoms with E-state index in [2.05, 4.69) is 0 Å². The summed E-state index contributed by atoms with van der Waals surface area (Å²) in [5, 5.41) is 5.41. The summed E-state index contributed by atoms with van der Waals surface area (Å²) in [6, 6.07) is 15.3. The molecule has 1 aromatic heterocycles. The summed E-state index contributed by atoms with van der Waals surface area (Å²) in [4.78, 5) is 11.8. The molecule has 0 saturated heterocycles. The number of ketones is 1. The highest BCUT2D eigenvalue weighted by atomic mass is 35.5. The van der Waals surface area contributed by atoms with Crippen LogP contribution in [0.5, 0.6) is 11.5 Å². The zero-order valence-electron chi connectivity index (χ0n) is 18.4. The van der Waals surface area contributed by atoms with Crippen LogP contribution in [0.1, 0.15) is 32.0 Å². The summed E-state index contributed by atoms with van der Waals surface area (Å²) in [5.41, 5.74) is 2.51. The number of carbonyl (C=O) groups is 1. The van der Waals surface area contributed by atoms with Gasteiger partial charge in [0.2, 0.25) is 0 Å². The standard InChI is InChI=1S/C24H27ClN2O4/c1-16(28)24(2,3)31-15-19-12-23(18-10-20(29-4)13-21(11-18)30-5)27(26-19)14-17-8-6-7-9-22(17)25/h6-13H,14-15H2,1-5H3. The van der Waals surface area contributed by atoms with Crippen LogP contribution in [0.3, 0.4) is 0 Å². The molecule has 0 unspecified atom stereocenters. The van der Waals surface area contributed by atoms with Gasteiger partial charge in [0.1, 0.15) is 17.1 Å². The number of methoxy groups -OCH3 is 2. The third-order valence-electron chi connectivity index (χ3n) is 5.18. The van der Waals surface area contributed by atoms with Gasteiger partial charge < -0.3 is 14.2 Å². The predicted molar refractivity (Wildman–Crippen MR) is 121 cm³/mol. The number of halogens is 1. The maximum atomic E-state index is 11.8. The van der Waals surface area contributed by atoms with Gasteiger partial charge in [-0.3, -0.25) is 9.48 Å². The van der Waals surface area contributed by atoms with E-state index < -0.39 is 5.60 Å². The average molecular weight is 443 g/mol. The molecule has 0 aliphatic heterocycles. The minimum absolute atomic E-state index is 0.0410. The molecule has 164 valence electrons. The molecule has 0 fully saturated rings. The molecule has 1 heterocycles. The van der Waals surface area contributed by atoms with E-state index in [1.807, 2.05) is 53.2 Å². The lowest BCUT2D eigenvalue weighted by molar-refractivity contribution is -0.139. The van der Waals surface area contributed by atoms with Gasteiger partial charge in [-0.15, -0.1) is 0 Å². The summed E-state index contributed by atoms with van der Waals surface area (Å²) >= 11 is 6.39. The van der Waals surface area contributed by atoms with E-state index in [1.54, 1.807) is 28.1 Å². The molecule has 3 aromatic rings. The molecule has 2 aromatic carbocycles. The van der Waals surface area contributed by atoms with Gasteiger partial charge in [0, 0.05) is 16.7 Å². The lowest BCUT2D eigenvalue weighted by Gasteiger charge is -2.21. The van der Waals surface area contributed by atoms with Crippen molar-refractivity contribution in [3.05, 3.63) is 64.8 Å². The first-order valence-corrected chi connectivity index (χ1v) is 10.3. The highest BCUT2D eigenvalue weighted by Crippen LogP contribution is 2.31. The number of ether oxygens (including phenoxy) is 3. The maximum Gasteiger partial charge on any atom is 0.161 e. The Morgan fingerprint density at radius 3 is 2.29 bits per heavy atom. The monoisotopic (exact) mass is 442 g/mol. The zero-order valence-corrected chi connectivity index (χ0v) is 19.2. The first-order valence-electron chi connectivity index (χ1n) is 9.92. The van der Waals surface area contributed by atoms with Crippen LogP contribution in [0, 0.1) is 0 Å². The van der Waals surface area contributed by atoms with E-state index in [-0.39, 0.29) is 12.4 Å². The van der Waals surface area contributed by atoms with Crippen LogP contribution < -0.4 is 9.47 Å². The van der Waals surface area contributed by atoms with Crippen LogP contribution in [0.2, 0.25) is 5.02 Å². The number of Topliss-reactive ketones (excluding diaryl/α,β-unsaturated/α-hetero) is 1. The Morgan fingerprint density at radius 2 is 1.71 bits per heavy atom. The van der Waals surface area contributed by atoms with Crippen LogP contribution in [0.4, 0.5) is 0 Å². The third kappa shape index (κ3) is 5.46. The zero-order chi connectivity index (χ0) is 22.6. The van der Waals surface area contributed by atoms with Gasteiger partial charge in [-0.25, -0.2) is 0 Å². The van der Waals surface area contributed by atoms with Gasteiger partial charge in [0.15, 0.2) is 5.78 Å². The van der Waals surface area contributed by atoms with Gasteiger partial charge in [-0.1, -0.05) is 29.8 Å². The lowest BCUT2D eigenvalue weighted by atomic mass is 10.1. The van der Waals surface area contributed by atoms with Gasteiger partial charge in [0.05, 0.1) is 38.8 Å². The summed E-state index contributed by atoms with van der Waals surface area (Å²) in [5.74, 6) is 1.31.